The second kappa shape index (κ2) is 8.12. The molecule has 0 aliphatic heterocycles. The molecule has 0 saturated heterocycles. The molecule has 2 aromatic rings. The number of hydrogen-bond donors (Lipinski definition) is 0. The molecule has 0 N–H and O–H groups in total. The van der Waals surface area contributed by atoms with Crippen LogP contribution in [-0.4, -0.2) is 20.7 Å². The summed E-state index contributed by atoms with van der Waals surface area (Å²) in [6.45, 7) is 11.2. The fourth-order valence-electron chi connectivity index (χ4n) is 2.20. The molecule has 5 heteroatoms. The van der Waals surface area contributed by atoms with Gasteiger partial charge in [-0.3, -0.25) is 0 Å². The van der Waals surface area contributed by atoms with Gasteiger partial charge in [0.25, 0.3) is 0 Å². The lowest BCUT2D eigenvalue weighted by Gasteiger charge is -2.39. The van der Waals surface area contributed by atoms with Gasteiger partial charge in [-0.25, -0.2) is 0 Å². The molecule has 1 heterocycles. The molecule has 1 aromatic carbocycles. The van der Waals surface area contributed by atoms with Crippen LogP contribution in [-0.2, 0) is 20.6 Å². The van der Waals surface area contributed by atoms with Gasteiger partial charge in [-0.15, -0.1) is 0 Å². The molecule has 0 bridgehead atoms. The highest BCUT2D eigenvalue weighted by Crippen LogP contribution is 2.41. The molecule has 0 saturated carbocycles. The van der Waals surface area contributed by atoms with E-state index in [1.807, 2.05) is 36.4 Å². The molecule has 25 heavy (non-hydrogen) atoms. The Morgan fingerprint density at radius 3 is 2.32 bits per heavy atom. The molecule has 0 aliphatic carbocycles. The summed E-state index contributed by atoms with van der Waals surface area (Å²) in [5, 5.41) is 0.0186. The standard InChI is InChI=1S/C20H28O4Si/c1-20(2,3)25(4,5)24-19(17-12-9-13-22-17)18(14-21)23-15-16-10-7-6-8-11-16/h6-14,18-19H,15H2,1-5H3/t18-,19-/m1/s1. The van der Waals surface area contributed by atoms with E-state index in [1.165, 1.54) is 0 Å². The van der Waals surface area contributed by atoms with Crippen LogP contribution < -0.4 is 0 Å². The second-order valence-corrected chi connectivity index (χ2v) is 12.5. The number of carbonyl (C=O) groups excluding carboxylic acids is 1. The fraction of sp³-hybridized carbons (Fsp3) is 0.450. The quantitative estimate of drug-likeness (QED) is 0.484. The highest BCUT2D eigenvalue weighted by atomic mass is 28.4. The van der Waals surface area contributed by atoms with E-state index in [4.69, 9.17) is 13.6 Å². The van der Waals surface area contributed by atoms with Crippen LogP contribution in [0.3, 0.4) is 0 Å². The van der Waals surface area contributed by atoms with Crippen LogP contribution in [0.4, 0.5) is 0 Å². The number of hydrogen-bond acceptors (Lipinski definition) is 4. The largest absolute Gasteiger partial charge is 0.467 e. The Hall–Kier alpha value is -1.69. The van der Waals surface area contributed by atoms with Gasteiger partial charge >= 0.3 is 0 Å². The van der Waals surface area contributed by atoms with Gasteiger partial charge in [0.15, 0.2) is 14.6 Å². The third-order valence-corrected chi connectivity index (χ3v) is 9.22. The third-order valence-electron chi connectivity index (χ3n) is 4.77. The number of benzene rings is 1. The van der Waals surface area contributed by atoms with Gasteiger partial charge in [-0.05, 0) is 35.8 Å². The molecule has 0 aliphatic rings. The smallest absolute Gasteiger partial charge is 0.193 e. The Morgan fingerprint density at radius 1 is 1.12 bits per heavy atom. The zero-order chi connectivity index (χ0) is 18.5. The Bertz CT molecular complexity index is 644. The minimum absolute atomic E-state index is 0.0186. The summed E-state index contributed by atoms with van der Waals surface area (Å²) in [5.41, 5.74) is 1.01. The molecule has 0 radical (unpaired) electrons. The Kier molecular flexibility index (Phi) is 6.38. The van der Waals surface area contributed by atoms with Gasteiger partial charge in [0.05, 0.1) is 12.9 Å². The van der Waals surface area contributed by atoms with Crippen molar-refractivity contribution in [2.75, 3.05) is 0 Å². The zero-order valence-corrected chi connectivity index (χ0v) is 16.7. The molecule has 1 aromatic heterocycles. The molecule has 0 amide bonds. The van der Waals surface area contributed by atoms with E-state index in [1.54, 1.807) is 12.3 Å². The van der Waals surface area contributed by atoms with Crippen molar-refractivity contribution in [2.45, 2.75) is 57.7 Å². The van der Waals surface area contributed by atoms with E-state index in [2.05, 4.69) is 33.9 Å². The predicted molar refractivity (Wildman–Crippen MR) is 101 cm³/mol. The Labute approximate surface area is 151 Å². The van der Waals surface area contributed by atoms with Crippen molar-refractivity contribution in [3.63, 3.8) is 0 Å². The average Bonchev–Trinajstić information content (AvgIpc) is 3.08. The third kappa shape index (κ3) is 5.14. The molecule has 4 nitrogen and oxygen atoms in total. The summed E-state index contributed by atoms with van der Waals surface area (Å²) >= 11 is 0. The van der Waals surface area contributed by atoms with E-state index >= 15 is 0 Å². The lowest BCUT2D eigenvalue weighted by atomic mass is 10.1. The van der Waals surface area contributed by atoms with E-state index in [0.717, 1.165) is 11.8 Å². The Balaban J connectivity index is 2.20. The molecule has 2 atom stereocenters. The van der Waals surface area contributed by atoms with E-state index < -0.39 is 20.5 Å². The van der Waals surface area contributed by atoms with Crippen LogP contribution in [0, 0.1) is 0 Å². The first-order chi connectivity index (χ1) is 11.7. The van der Waals surface area contributed by atoms with Crippen molar-refractivity contribution >= 4 is 14.6 Å². The number of carbonyl (C=O) groups is 1. The van der Waals surface area contributed by atoms with Gasteiger partial charge < -0.3 is 18.4 Å². The number of furan rings is 1. The minimum atomic E-state index is -2.11. The van der Waals surface area contributed by atoms with Crippen LogP contribution in [0.15, 0.2) is 53.1 Å². The first-order valence-corrected chi connectivity index (χ1v) is 11.5. The van der Waals surface area contributed by atoms with Crippen molar-refractivity contribution < 1.29 is 18.4 Å². The summed E-state index contributed by atoms with van der Waals surface area (Å²) in [4.78, 5) is 11.8. The molecule has 136 valence electrons. The molecular formula is C20H28O4Si. The van der Waals surface area contributed by atoms with Crippen LogP contribution in [0.1, 0.15) is 38.2 Å². The van der Waals surface area contributed by atoms with Crippen molar-refractivity contribution in [2.24, 2.45) is 0 Å². The summed E-state index contributed by atoms with van der Waals surface area (Å²) in [7, 11) is -2.11. The minimum Gasteiger partial charge on any atom is -0.467 e. The number of aldehydes is 1. The SMILES string of the molecule is CC(C)(C)[Si](C)(C)O[C@H](c1ccco1)[C@@H](C=O)OCc1ccccc1. The van der Waals surface area contributed by atoms with Gasteiger partial charge in [-0.1, -0.05) is 51.1 Å². The maximum atomic E-state index is 11.8. The monoisotopic (exact) mass is 360 g/mol. The van der Waals surface area contributed by atoms with Gasteiger partial charge in [0.2, 0.25) is 0 Å². The highest BCUT2D eigenvalue weighted by Gasteiger charge is 2.42. The fourth-order valence-corrected chi connectivity index (χ4v) is 3.44. The van der Waals surface area contributed by atoms with Crippen LogP contribution in [0.25, 0.3) is 0 Å². The topological polar surface area (TPSA) is 48.7 Å². The van der Waals surface area contributed by atoms with Crippen molar-refractivity contribution in [3.8, 4) is 0 Å². The van der Waals surface area contributed by atoms with Crippen molar-refractivity contribution in [1.82, 2.24) is 0 Å². The molecule has 2 rings (SSSR count). The van der Waals surface area contributed by atoms with Crippen LogP contribution >= 0.6 is 0 Å². The normalized spacial score (nSPS) is 14.9. The van der Waals surface area contributed by atoms with E-state index in [0.29, 0.717) is 12.4 Å². The first kappa shape index (κ1) is 19.6. The van der Waals surface area contributed by atoms with Crippen LogP contribution in [0.5, 0.6) is 0 Å². The molecule has 0 fully saturated rings. The summed E-state index contributed by atoms with van der Waals surface area (Å²) < 4.78 is 17.9. The van der Waals surface area contributed by atoms with Crippen LogP contribution in [0.2, 0.25) is 18.1 Å². The second-order valence-electron chi connectivity index (χ2n) is 7.71. The molecule has 0 spiro atoms. The summed E-state index contributed by atoms with van der Waals surface area (Å²) in [6.07, 6.45) is 1.14. The lowest BCUT2D eigenvalue weighted by molar-refractivity contribution is -0.127. The zero-order valence-electron chi connectivity index (χ0n) is 15.7. The van der Waals surface area contributed by atoms with E-state index in [-0.39, 0.29) is 5.04 Å². The maximum Gasteiger partial charge on any atom is 0.193 e. The van der Waals surface area contributed by atoms with E-state index in [9.17, 15) is 4.79 Å². The first-order valence-electron chi connectivity index (χ1n) is 8.56. The number of rotatable bonds is 8. The van der Waals surface area contributed by atoms with Crippen molar-refractivity contribution in [1.29, 1.82) is 0 Å². The van der Waals surface area contributed by atoms with Gasteiger partial charge in [0, 0.05) is 0 Å². The average molecular weight is 361 g/mol. The maximum absolute atomic E-state index is 11.8. The molecule has 0 unspecified atom stereocenters. The van der Waals surface area contributed by atoms with Gasteiger partial charge in [-0.2, -0.15) is 0 Å². The predicted octanol–water partition coefficient (Wildman–Crippen LogP) is 5.13. The highest BCUT2D eigenvalue weighted by molar-refractivity contribution is 6.74. The van der Waals surface area contributed by atoms with Crippen molar-refractivity contribution in [3.05, 3.63) is 60.1 Å². The lowest BCUT2D eigenvalue weighted by Crippen LogP contribution is -2.44. The summed E-state index contributed by atoms with van der Waals surface area (Å²) in [5.74, 6) is 0.620. The number of ether oxygens (including phenoxy) is 1. The molecular weight excluding hydrogens is 332 g/mol. The Morgan fingerprint density at radius 2 is 1.80 bits per heavy atom. The van der Waals surface area contributed by atoms with Gasteiger partial charge in [0.1, 0.15) is 18.0 Å². The summed E-state index contributed by atoms with van der Waals surface area (Å²) in [6, 6.07) is 13.4.